The second-order valence-electron chi connectivity index (χ2n) is 4.01. The second kappa shape index (κ2) is 6.48. The van der Waals surface area contributed by atoms with Crippen molar-refractivity contribution in [1.29, 1.82) is 0 Å². The summed E-state index contributed by atoms with van der Waals surface area (Å²) in [5.41, 5.74) is 6.90. The molecule has 0 atom stereocenters. The molecular weight excluding hydrogens is 365 g/mol. The molecule has 2 N–H and O–H groups in total. The SMILES string of the molecule is Nc1c(Cl)cccc1C(=O)OCc1ccc(Br)cc1Cl. The van der Waals surface area contributed by atoms with Gasteiger partial charge in [-0.3, -0.25) is 0 Å². The molecule has 0 saturated carbocycles. The highest BCUT2D eigenvalue weighted by Crippen LogP contribution is 2.25. The number of hydrogen-bond donors (Lipinski definition) is 1. The van der Waals surface area contributed by atoms with Crippen LogP contribution in [-0.2, 0) is 11.3 Å². The molecule has 2 rings (SSSR count). The summed E-state index contributed by atoms with van der Waals surface area (Å²) in [5, 5.41) is 0.840. The van der Waals surface area contributed by atoms with E-state index in [2.05, 4.69) is 15.9 Å². The fourth-order valence-electron chi connectivity index (χ4n) is 1.57. The minimum Gasteiger partial charge on any atom is -0.457 e. The number of rotatable bonds is 3. The first-order chi connectivity index (χ1) is 9.49. The van der Waals surface area contributed by atoms with Gasteiger partial charge in [-0.05, 0) is 24.3 Å². The van der Waals surface area contributed by atoms with Crippen LogP contribution >= 0.6 is 39.1 Å². The van der Waals surface area contributed by atoms with Crippen LogP contribution in [0.2, 0.25) is 10.0 Å². The van der Waals surface area contributed by atoms with Crippen molar-refractivity contribution in [3.63, 3.8) is 0 Å². The Morgan fingerprint density at radius 1 is 1.20 bits per heavy atom. The third-order valence-electron chi connectivity index (χ3n) is 2.65. The highest BCUT2D eigenvalue weighted by Gasteiger charge is 2.14. The summed E-state index contributed by atoms with van der Waals surface area (Å²) >= 11 is 15.2. The number of anilines is 1. The first-order valence-electron chi connectivity index (χ1n) is 5.64. The number of nitrogens with two attached hydrogens (primary N) is 1. The molecule has 0 aliphatic heterocycles. The van der Waals surface area contributed by atoms with Crippen LogP contribution in [-0.4, -0.2) is 5.97 Å². The number of halogens is 3. The van der Waals surface area contributed by atoms with Gasteiger partial charge in [-0.25, -0.2) is 4.79 Å². The Hall–Kier alpha value is -1.23. The van der Waals surface area contributed by atoms with E-state index in [-0.39, 0.29) is 17.9 Å². The maximum Gasteiger partial charge on any atom is 0.340 e. The molecule has 6 heteroatoms. The third kappa shape index (κ3) is 3.45. The first kappa shape index (κ1) is 15.2. The lowest BCUT2D eigenvalue weighted by Crippen LogP contribution is -2.08. The van der Waals surface area contributed by atoms with Gasteiger partial charge in [0, 0.05) is 15.1 Å². The number of hydrogen-bond acceptors (Lipinski definition) is 3. The second-order valence-corrected chi connectivity index (χ2v) is 5.74. The van der Waals surface area contributed by atoms with Gasteiger partial charge in [0.05, 0.1) is 16.3 Å². The van der Waals surface area contributed by atoms with Crippen LogP contribution in [0.15, 0.2) is 40.9 Å². The summed E-state index contributed by atoms with van der Waals surface area (Å²) in [6, 6.07) is 10.1. The van der Waals surface area contributed by atoms with Crippen LogP contribution in [0.5, 0.6) is 0 Å². The van der Waals surface area contributed by atoms with Gasteiger partial charge in [-0.1, -0.05) is 51.3 Å². The van der Waals surface area contributed by atoms with Crippen LogP contribution in [0.25, 0.3) is 0 Å². The summed E-state index contributed by atoms with van der Waals surface area (Å²) in [6.45, 7) is 0.0664. The van der Waals surface area contributed by atoms with E-state index in [0.717, 1.165) is 4.47 Å². The number of carbonyl (C=O) groups is 1. The van der Waals surface area contributed by atoms with Crippen molar-refractivity contribution in [3.05, 3.63) is 62.0 Å². The minimum absolute atomic E-state index is 0.0664. The number of benzene rings is 2. The predicted octanol–water partition coefficient (Wildman–Crippen LogP) is 4.70. The Balaban J connectivity index is 2.11. The van der Waals surface area contributed by atoms with Crippen molar-refractivity contribution in [2.75, 3.05) is 5.73 Å². The van der Waals surface area contributed by atoms with E-state index in [9.17, 15) is 4.79 Å². The number of esters is 1. The molecule has 0 aromatic heterocycles. The van der Waals surface area contributed by atoms with Crippen LogP contribution < -0.4 is 5.73 Å². The molecule has 0 heterocycles. The lowest BCUT2D eigenvalue weighted by atomic mass is 10.2. The predicted molar refractivity (Wildman–Crippen MR) is 84.1 cm³/mol. The quantitative estimate of drug-likeness (QED) is 0.626. The summed E-state index contributed by atoms with van der Waals surface area (Å²) < 4.78 is 6.05. The third-order valence-corrected chi connectivity index (χ3v) is 3.82. The van der Waals surface area contributed by atoms with Gasteiger partial charge in [-0.15, -0.1) is 0 Å². The molecule has 0 radical (unpaired) electrons. The molecule has 0 fully saturated rings. The van der Waals surface area contributed by atoms with E-state index in [1.54, 1.807) is 30.3 Å². The summed E-state index contributed by atoms with van der Waals surface area (Å²) in [4.78, 5) is 12.0. The van der Waals surface area contributed by atoms with E-state index in [0.29, 0.717) is 15.6 Å². The number of ether oxygens (including phenoxy) is 1. The van der Waals surface area contributed by atoms with E-state index in [1.807, 2.05) is 6.07 Å². The number of nitrogen functional groups attached to an aromatic ring is 1. The Kier molecular flexibility index (Phi) is 4.91. The summed E-state index contributed by atoms with van der Waals surface area (Å²) in [5.74, 6) is -0.538. The van der Waals surface area contributed by atoms with Crippen molar-refractivity contribution in [2.24, 2.45) is 0 Å². The minimum atomic E-state index is -0.538. The van der Waals surface area contributed by atoms with E-state index in [4.69, 9.17) is 33.7 Å². The number of para-hydroxylation sites is 1. The van der Waals surface area contributed by atoms with Crippen LogP contribution in [0.3, 0.4) is 0 Å². The molecule has 0 aliphatic rings. The molecule has 0 aliphatic carbocycles. The van der Waals surface area contributed by atoms with Gasteiger partial charge in [-0.2, -0.15) is 0 Å². The van der Waals surface area contributed by atoms with Gasteiger partial charge in [0.1, 0.15) is 6.61 Å². The van der Waals surface area contributed by atoms with Crippen LogP contribution in [0.1, 0.15) is 15.9 Å². The largest absolute Gasteiger partial charge is 0.457 e. The highest BCUT2D eigenvalue weighted by molar-refractivity contribution is 9.10. The molecule has 0 unspecified atom stereocenters. The van der Waals surface area contributed by atoms with Crippen molar-refractivity contribution < 1.29 is 9.53 Å². The highest BCUT2D eigenvalue weighted by atomic mass is 79.9. The van der Waals surface area contributed by atoms with Gasteiger partial charge < -0.3 is 10.5 Å². The molecule has 3 nitrogen and oxygen atoms in total. The molecule has 0 saturated heterocycles. The number of carbonyl (C=O) groups excluding carboxylic acids is 1. The van der Waals surface area contributed by atoms with Gasteiger partial charge in [0.25, 0.3) is 0 Å². The monoisotopic (exact) mass is 373 g/mol. The lowest BCUT2D eigenvalue weighted by Gasteiger charge is -2.09. The molecule has 0 amide bonds. The van der Waals surface area contributed by atoms with Crippen LogP contribution in [0.4, 0.5) is 5.69 Å². The Morgan fingerprint density at radius 2 is 1.95 bits per heavy atom. The molecule has 0 bridgehead atoms. The van der Waals surface area contributed by atoms with E-state index in [1.165, 1.54) is 0 Å². The van der Waals surface area contributed by atoms with E-state index >= 15 is 0 Å². The zero-order chi connectivity index (χ0) is 14.7. The van der Waals surface area contributed by atoms with Crippen molar-refractivity contribution in [3.8, 4) is 0 Å². The topological polar surface area (TPSA) is 52.3 Å². The van der Waals surface area contributed by atoms with Crippen molar-refractivity contribution in [1.82, 2.24) is 0 Å². The standard InChI is InChI=1S/C14H10BrCl2NO2/c15-9-5-4-8(12(17)6-9)7-20-14(19)10-2-1-3-11(16)13(10)18/h1-6H,7,18H2. The normalized spacial score (nSPS) is 10.3. The fourth-order valence-corrected chi connectivity index (χ4v) is 2.48. The van der Waals surface area contributed by atoms with Gasteiger partial charge >= 0.3 is 5.97 Å². The van der Waals surface area contributed by atoms with Gasteiger partial charge in [0.2, 0.25) is 0 Å². The molecule has 2 aromatic rings. The Bertz CT molecular complexity index is 662. The molecular formula is C14H10BrCl2NO2. The lowest BCUT2D eigenvalue weighted by molar-refractivity contribution is 0.0474. The smallest absolute Gasteiger partial charge is 0.340 e. The average Bonchev–Trinajstić information content (AvgIpc) is 2.40. The van der Waals surface area contributed by atoms with Crippen molar-refractivity contribution in [2.45, 2.75) is 6.61 Å². The fraction of sp³-hybridized carbons (Fsp3) is 0.0714. The van der Waals surface area contributed by atoms with Crippen molar-refractivity contribution >= 4 is 50.8 Å². The van der Waals surface area contributed by atoms with E-state index < -0.39 is 5.97 Å². The Morgan fingerprint density at radius 3 is 2.65 bits per heavy atom. The molecule has 20 heavy (non-hydrogen) atoms. The summed E-state index contributed by atoms with van der Waals surface area (Å²) in [6.07, 6.45) is 0. The average molecular weight is 375 g/mol. The van der Waals surface area contributed by atoms with Crippen LogP contribution in [0, 0.1) is 0 Å². The zero-order valence-electron chi connectivity index (χ0n) is 10.2. The van der Waals surface area contributed by atoms with Gasteiger partial charge in [0.15, 0.2) is 0 Å². The maximum absolute atomic E-state index is 12.0. The maximum atomic E-state index is 12.0. The molecule has 104 valence electrons. The molecule has 2 aromatic carbocycles. The Labute approximate surface area is 134 Å². The first-order valence-corrected chi connectivity index (χ1v) is 7.19. The molecule has 0 spiro atoms. The summed E-state index contributed by atoms with van der Waals surface area (Å²) in [7, 11) is 0. The zero-order valence-corrected chi connectivity index (χ0v) is 13.3.